The van der Waals surface area contributed by atoms with E-state index in [0.717, 1.165) is 38.8 Å². The average Bonchev–Trinajstić information content (AvgIpc) is 2.58. The number of hydrogen-bond acceptors (Lipinski definition) is 1. The van der Waals surface area contributed by atoms with Crippen LogP contribution in [0.4, 0.5) is 0 Å². The van der Waals surface area contributed by atoms with E-state index < -0.39 is 0 Å². The fourth-order valence-electron chi connectivity index (χ4n) is 3.45. The normalized spacial score (nSPS) is 18.2. The van der Waals surface area contributed by atoms with Crippen molar-refractivity contribution in [2.24, 2.45) is 5.92 Å². The van der Waals surface area contributed by atoms with Gasteiger partial charge in [0.25, 0.3) is 0 Å². The molecule has 120 valence electrons. The average molecular weight is 307 g/mol. The van der Waals surface area contributed by atoms with Crippen molar-refractivity contribution in [1.82, 2.24) is 4.90 Å². The molecule has 2 heteroatoms. The van der Waals surface area contributed by atoms with Gasteiger partial charge in [-0.3, -0.25) is 4.79 Å². The first-order valence-electron chi connectivity index (χ1n) is 8.61. The van der Waals surface area contributed by atoms with Gasteiger partial charge in [-0.25, -0.2) is 0 Å². The molecule has 2 nitrogen and oxygen atoms in total. The van der Waals surface area contributed by atoms with E-state index in [0.29, 0.717) is 5.91 Å². The van der Waals surface area contributed by atoms with Gasteiger partial charge in [0.1, 0.15) is 0 Å². The summed E-state index contributed by atoms with van der Waals surface area (Å²) >= 11 is 0. The largest absolute Gasteiger partial charge is 0.342 e. The second kappa shape index (κ2) is 7.45. The number of likely N-dealkylation sites (tertiary alicyclic amines) is 1. The predicted octanol–water partition coefficient (Wildman–Crippen LogP) is 4.02. The number of carbonyl (C=O) groups excluding carboxylic acids is 1. The van der Waals surface area contributed by atoms with E-state index in [1.165, 1.54) is 16.7 Å². The molecule has 3 rings (SSSR count). The SMILES string of the molecule is Cc1ccccc1CC1CCCN(CCc2ccccc2)C1=O. The van der Waals surface area contributed by atoms with Crippen molar-refractivity contribution < 1.29 is 4.79 Å². The summed E-state index contributed by atoms with van der Waals surface area (Å²) in [4.78, 5) is 14.9. The number of carbonyl (C=O) groups is 1. The molecule has 1 atom stereocenters. The Morgan fingerprint density at radius 2 is 1.78 bits per heavy atom. The molecule has 0 saturated carbocycles. The predicted molar refractivity (Wildman–Crippen MR) is 94.3 cm³/mol. The lowest BCUT2D eigenvalue weighted by Crippen LogP contribution is -2.43. The molecule has 0 spiro atoms. The van der Waals surface area contributed by atoms with Gasteiger partial charge in [-0.15, -0.1) is 0 Å². The Balaban J connectivity index is 1.61. The van der Waals surface area contributed by atoms with Crippen LogP contribution in [0.2, 0.25) is 0 Å². The highest BCUT2D eigenvalue weighted by molar-refractivity contribution is 5.80. The van der Waals surface area contributed by atoms with Crippen LogP contribution in [0.1, 0.15) is 29.5 Å². The first-order chi connectivity index (χ1) is 11.2. The third kappa shape index (κ3) is 4.01. The van der Waals surface area contributed by atoms with Crippen molar-refractivity contribution in [2.45, 2.75) is 32.6 Å². The van der Waals surface area contributed by atoms with Crippen molar-refractivity contribution in [3.05, 3.63) is 71.3 Å². The monoisotopic (exact) mass is 307 g/mol. The third-order valence-electron chi connectivity index (χ3n) is 4.88. The summed E-state index contributed by atoms with van der Waals surface area (Å²) in [7, 11) is 0. The first-order valence-corrected chi connectivity index (χ1v) is 8.61. The highest BCUT2D eigenvalue weighted by Gasteiger charge is 2.28. The number of benzene rings is 2. The maximum absolute atomic E-state index is 12.8. The van der Waals surface area contributed by atoms with Crippen molar-refractivity contribution in [3.8, 4) is 0 Å². The summed E-state index contributed by atoms with van der Waals surface area (Å²) < 4.78 is 0. The second-order valence-corrected chi connectivity index (χ2v) is 6.53. The lowest BCUT2D eigenvalue weighted by atomic mass is 9.89. The van der Waals surface area contributed by atoms with Crippen LogP contribution in [0.15, 0.2) is 54.6 Å². The number of piperidine rings is 1. The zero-order valence-electron chi connectivity index (χ0n) is 13.9. The quantitative estimate of drug-likeness (QED) is 0.817. The number of hydrogen-bond donors (Lipinski definition) is 0. The molecular formula is C21H25NO. The summed E-state index contributed by atoms with van der Waals surface area (Å²) in [5.74, 6) is 0.496. The molecule has 1 aliphatic rings. The van der Waals surface area contributed by atoms with Gasteiger partial charge in [-0.2, -0.15) is 0 Å². The van der Waals surface area contributed by atoms with E-state index in [9.17, 15) is 4.79 Å². The molecule has 1 saturated heterocycles. The molecule has 1 fully saturated rings. The molecule has 0 aliphatic carbocycles. The molecule has 0 radical (unpaired) electrons. The van der Waals surface area contributed by atoms with Gasteiger partial charge >= 0.3 is 0 Å². The molecule has 1 heterocycles. The molecule has 23 heavy (non-hydrogen) atoms. The minimum absolute atomic E-state index is 0.153. The Hall–Kier alpha value is -2.09. The summed E-state index contributed by atoms with van der Waals surface area (Å²) in [6, 6.07) is 18.9. The van der Waals surface area contributed by atoms with E-state index in [2.05, 4.69) is 60.4 Å². The van der Waals surface area contributed by atoms with Gasteiger partial charge in [0.05, 0.1) is 0 Å². The van der Waals surface area contributed by atoms with E-state index in [4.69, 9.17) is 0 Å². The maximum Gasteiger partial charge on any atom is 0.226 e. The Morgan fingerprint density at radius 1 is 1.04 bits per heavy atom. The molecule has 1 aliphatic heterocycles. The van der Waals surface area contributed by atoms with E-state index >= 15 is 0 Å². The Bertz CT molecular complexity index is 650. The van der Waals surface area contributed by atoms with Crippen LogP contribution in [-0.2, 0) is 17.6 Å². The third-order valence-corrected chi connectivity index (χ3v) is 4.88. The number of rotatable bonds is 5. The van der Waals surface area contributed by atoms with Gasteiger partial charge in [0.2, 0.25) is 5.91 Å². The van der Waals surface area contributed by atoms with Crippen molar-refractivity contribution in [3.63, 3.8) is 0 Å². The van der Waals surface area contributed by atoms with E-state index in [1.54, 1.807) is 0 Å². The topological polar surface area (TPSA) is 20.3 Å². The summed E-state index contributed by atoms with van der Waals surface area (Å²) in [5, 5.41) is 0. The second-order valence-electron chi connectivity index (χ2n) is 6.53. The molecule has 0 bridgehead atoms. The molecule has 1 unspecified atom stereocenters. The van der Waals surface area contributed by atoms with E-state index in [-0.39, 0.29) is 5.92 Å². The maximum atomic E-state index is 12.8. The van der Waals surface area contributed by atoms with Crippen LogP contribution in [-0.4, -0.2) is 23.9 Å². The molecule has 2 aromatic carbocycles. The van der Waals surface area contributed by atoms with Crippen molar-refractivity contribution >= 4 is 5.91 Å². The summed E-state index contributed by atoms with van der Waals surface area (Å²) in [5.41, 5.74) is 3.92. The zero-order chi connectivity index (χ0) is 16.1. The molecule has 2 aromatic rings. The van der Waals surface area contributed by atoms with E-state index in [1.807, 2.05) is 6.07 Å². The number of aryl methyl sites for hydroxylation is 1. The van der Waals surface area contributed by atoms with Crippen molar-refractivity contribution in [2.75, 3.05) is 13.1 Å². The molecule has 1 amide bonds. The lowest BCUT2D eigenvalue weighted by Gasteiger charge is -2.32. The summed E-state index contributed by atoms with van der Waals surface area (Å²) in [6.07, 6.45) is 3.98. The first kappa shape index (κ1) is 15.8. The van der Waals surface area contributed by atoms with Crippen LogP contribution in [0.5, 0.6) is 0 Å². The Morgan fingerprint density at radius 3 is 2.57 bits per heavy atom. The van der Waals surface area contributed by atoms with Crippen LogP contribution in [0.25, 0.3) is 0 Å². The van der Waals surface area contributed by atoms with Crippen molar-refractivity contribution in [1.29, 1.82) is 0 Å². The number of nitrogens with zero attached hydrogens (tertiary/aromatic N) is 1. The Kier molecular flexibility index (Phi) is 5.12. The standard InChI is InChI=1S/C21H25NO/c1-17-8-5-6-11-19(17)16-20-12-7-14-22(21(20)23)15-13-18-9-3-2-4-10-18/h2-6,8-11,20H,7,12-16H2,1H3. The fraction of sp³-hybridized carbons (Fsp3) is 0.381. The van der Waals surface area contributed by atoms with Crippen LogP contribution in [0.3, 0.4) is 0 Å². The van der Waals surface area contributed by atoms with Gasteiger partial charge in [0, 0.05) is 19.0 Å². The lowest BCUT2D eigenvalue weighted by molar-refractivity contribution is -0.138. The summed E-state index contributed by atoms with van der Waals surface area (Å²) in [6.45, 7) is 3.89. The zero-order valence-corrected chi connectivity index (χ0v) is 13.9. The molecular weight excluding hydrogens is 282 g/mol. The molecule has 0 N–H and O–H groups in total. The minimum atomic E-state index is 0.153. The smallest absolute Gasteiger partial charge is 0.226 e. The fourth-order valence-corrected chi connectivity index (χ4v) is 3.45. The van der Waals surface area contributed by atoms with Gasteiger partial charge in [-0.1, -0.05) is 54.6 Å². The van der Waals surface area contributed by atoms with Gasteiger partial charge in [-0.05, 0) is 49.3 Å². The highest BCUT2D eigenvalue weighted by Crippen LogP contribution is 2.23. The van der Waals surface area contributed by atoms with Gasteiger partial charge < -0.3 is 4.90 Å². The van der Waals surface area contributed by atoms with Gasteiger partial charge in [0.15, 0.2) is 0 Å². The highest BCUT2D eigenvalue weighted by atomic mass is 16.2. The minimum Gasteiger partial charge on any atom is -0.342 e. The Labute approximate surface area is 139 Å². The molecule has 0 aromatic heterocycles. The van der Waals surface area contributed by atoms with Crippen LogP contribution < -0.4 is 0 Å². The number of amides is 1. The van der Waals surface area contributed by atoms with Crippen LogP contribution >= 0.6 is 0 Å². The van der Waals surface area contributed by atoms with Crippen LogP contribution in [0, 0.1) is 12.8 Å².